The number of thiophene rings is 1. The molecule has 1 heterocycles. The van der Waals surface area contributed by atoms with Gasteiger partial charge in [0, 0.05) is 32.9 Å². The van der Waals surface area contributed by atoms with Crippen molar-refractivity contribution in [2.45, 2.75) is 50.0 Å². The molecule has 1 amide bonds. The number of hydrogen-bond donors (Lipinski definition) is 1. The van der Waals surface area contributed by atoms with Crippen LogP contribution >= 0.6 is 11.3 Å². The van der Waals surface area contributed by atoms with Crippen LogP contribution in [0.4, 0.5) is 5.00 Å². The number of benzene rings is 1. The van der Waals surface area contributed by atoms with E-state index in [1.54, 1.807) is 17.6 Å². The van der Waals surface area contributed by atoms with Crippen LogP contribution in [0.2, 0.25) is 0 Å². The van der Waals surface area contributed by atoms with Gasteiger partial charge in [-0.25, -0.2) is 0 Å². The Morgan fingerprint density at radius 1 is 1.28 bits per heavy atom. The number of fused-ring (bicyclic) bond motifs is 1. The predicted molar refractivity (Wildman–Crippen MR) is 119 cm³/mol. The van der Waals surface area contributed by atoms with E-state index in [0.717, 1.165) is 41.7 Å². The highest BCUT2D eigenvalue weighted by Gasteiger charge is 2.22. The number of rotatable bonds is 6. The zero-order chi connectivity index (χ0) is 21.0. The maximum atomic E-state index is 12.7. The lowest BCUT2D eigenvalue weighted by atomic mass is 10.1. The maximum Gasteiger partial charge on any atom is 0.239 e. The van der Waals surface area contributed by atoms with E-state index in [2.05, 4.69) is 11.4 Å². The second-order valence-electron chi connectivity index (χ2n) is 7.54. The second kappa shape index (κ2) is 9.66. The fraction of sp³-hybridized carbons (Fsp3) is 0.455. The highest BCUT2D eigenvalue weighted by atomic mass is 32.2. The Hall–Kier alpha value is -2.01. The quantitative estimate of drug-likeness (QED) is 0.697. The van der Waals surface area contributed by atoms with Gasteiger partial charge in [0.2, 0.25) is 5.91 Å². The van der Waals surface area contributed by atoms with Crippen LogP contribution in [0.1, 0.15) is 53.8 Å². The van der Waals surface area contributed by atoms with E-state index in [9.17, 15) is 14.3 Å². The Morgan fingerprint density at radius 2 is 1.97 bits per heavy atom. The van der Waals surface area contributed by atoms with Gasteiger partial charge in [0.1, 0.15) is 11.1 Å². The molecule has 1 aliphatic rings. The summed E-state index contributed by atoms with van der Waals surface area (Å²) in [5.41, 5.74) is 2.86. The van der Waals surface area contributed by atoms with Crippen molar-refractivity contribution < 1.29 is 9.00 Å². The molecule has 3 rings (SSSR count). The summed E-state index contributed by atoms with van der Waals surface area (Å²) in [6.07, 6.45) is 7.05. The number of carbonyl (C=O) groups excluding carboxylic acids is 1. The maximum absolute atomic E-state index is 12.7. The van der Waals surface area contributed by atoms with Gasteiger partial charge in [0.15, 0.2) is 0 Å². The molecular formula is C22H27N3O2S2. The minimum absolute atomic E-state index is 0.0376. The third-order valence-electron chi connectivity index (χ3n) is 5.53. The van der Waals surface area contributed by atoms with Crippen LogP contribution in [0.3, 0.4) is 0 Å². The molecule has 1 aromatic heterocycles. The number of nitriles is 1. The minimum Gasteiger partial charge on any atom is -0.315 e. The minimum atomic E-state index is -0.998. The van der Waals surface area contributed by atoms with E-state index in [1.165, 1.54) is 11.3 Å². The summed E-state index contributed by atoms with van der Waals surface area (Å²) < 4.78 is 11.5. The second-order valence-corrected chi connectivity index (χ2v) is 10.0. The summed E-state index contributed by atoms with van der Waals surface area (Å²) >= 11 is 1.56. The number of nitrogens with one attached hydrogen (secondary N) is 1. The van der Waals surface area contributed by atoms with Crippen LogP contribution in [-0.2, 0) is 28.4 Å². The largest absolute Gasteiger partial charge is 0.315 e. The number of likely N-dealkylation sites (N-methyl/N-ethyl adjacent to an activating group) is 1. The molecule has 2 aromatic rings. The van der Waals surface area contributed by atoms with Crippen molar-refractivity contribution >= 4 is 33.0 Å². The monoisotopic (exact) mass is 429 g/mol. The van der Waals surface area contributed by atoms with Gasteiger partial charge in [-0.15, -0.1) is 11.3 Å². The fourth-order valence-corrected chi connectivity index (χ4v) is 5.45. The van der Waals surface area contributed by atoms with Crippen LogP contribution < -0.4 is 5.32 Å². The number of aryl methyl sites for hydroxylation is 1. The van der Waals surface area contributed by atoms with E-state index < -0.39 is 10.8 Å². The van der Waals surface area contributed by atoms with E-state index >= 15 is 0 Å². The van der Waals surface area contributed by atoms with Crippen LogP contribution in [0.5, 0.6) is 0 Å². The lowest BCUT2D eigenvalue weighted by Gasteiger charge is -2.24. The first-order chi connectivity index (χ1) is 13.9. The lowest BCUT2D eigenvalue weighted by Crippen LogP contribution is -2.32. The van der Waals surface area contributed by atoms with E-state index in [-0.39, 0.29) is 18.5 Å². The Balaban J connectivity index is 1.66. The topological polar surface area (TPSA) is 73.2 Å². The van der Waals surface area contributed by atoms with Gasteiger partial charge in [-0.3, -0.25) is 13.9 Å². The van der Waals surface area contributed by atoms with Gasteiger partial charge in [0.05, 0.1) is 12.1 Å². The molecule has 0 bridgehead atoms. The van der Waals surface area contributed by atoms with Crippen LogP contribution in [0.15, 0.2) is 29.2 Å². The van der Waals surface area contributed by atoms with Gasteiger partial charge >= 0.3 is 0 Å². The lowest BCUT2D eigenvalue weighted by molar-refractivity contribution is -0.117. The third kappa shape index (κ3) is 5.13. The molecule has 2 atom stereocenters. The standard InChI is InChI=1S/C22H27N3O2S2/c1-15(16-9-11-17(12-10-16)29(3)27)25(2)14-21(26)24-22-19(13-23)18-7-5-4-6-8-20(18)28-22/h9-12,15H,4-8,14H2,1-3H3,(H,24,26)/t15-,29-/m1/s1. The van der Waals surface area contributed by atoms with Gasteiger partial charge < -0.3 is 5.32 Å². The van der Waals surface area contributed by atoms with E-state index in [1.807, 2.05) is 43.1 Å². The van der Waals surface area contributed by atoms with Crippen LogP contribution in [-0.4, -0.2) is 34.9 Å². The molecule has 5 nitrogen and oxygen atoms in total. The van der Waals surface area contributed by atoms with Gasteiger partial charge in [-0.1, -0.05) is 18.6 Å². The Labute approximate surface area is 179 Å². The van der Waals surface area contributed by atoms with Crippen molar-refractivity contribution in [3.05, 3.63) is 45.8 Å². The normalized spacial score (nSPS) is 15.8. The molecule has 0 radical (unpaired) electrons. The predicted octanol–water partition coefficient (Wildman–Crippen LogP) is 4.26. The van der Waals surface area contributed by atoms with Crippen molar-refractivity contribution in [1.29, 1.82) is 5.26 Å². The Bertz CT molecular complexity index is 944. The van der Waals surface area contributed by atoms with Gasteiger partial charge in [-0.2, -0.15) is 5.26 Å². The highest BCUT2D eigenvalue weighted by Crippen LogP contribution is 2.37. The SMILES string of the molecule is C[C@H](c1ccc([S@@](C)=O)cc1)N(C)CC(=O)Nc1sc2c(c1C#N)CCCCC2. The summed E-state index contributed by atoms with van der Waals surface area (Å²) in [4.78, 5) is 16.7. The van der Waals surface area contributed by atoms with Crippen molar-refractivity contribution in [1.82, 2.24) is 4.90 Å². The fourth-order valence-electron chi connectivity index (χ4n) is 3.67. The Kier molecular flexibility index (Phi) is 7.23. The van der Waals surface area contributed by atoms with Crippen molar-refractivity contribution in [3.63, 3.8) is 0 Å². The van der Waals surface area contributed by atoms with Crippen molar-refractivity contribution in [3.8, 4) is 6.07 Å². The van der Waals surface area contributed by atoms with Crippen molar-refractivity contribution in [2.24, 2.45) is 0 Å². The molecule has 0 spiro atoms. The number of anilines is 1. The van der Waals surface area contributed by atoms with E-state index in [0.29, 0.717) is 10.6 Å². The molecule has 154 valence electrons. The first kappa shape index (κ1) is 21.7. The number of nitrogens with zero attached hydrogens (tertiary/aromatic N) is 2. The third-order valence-corrected chi connectivity index (χ3v) is 7.68. The van der Waals surface area contributed by atoms with E-state index in [4.69, 9.17) is 0 Å². The molecule has 0 unspecified atom stereocenters. The van der Waals surface area contributed by atoms with Crippen LogP contribution in [0.25, 0.3) is 0 Å². The van der Waals surface area contributed by atoms with Crippen molar-refractivity contribution in [2.75, 3.05) is 25.2 Å². The first-order valence-corrected chi connectivity index (χ1v) is 12.3. The zero-order valence-corrected chi connectivity index (χ0v) is 18.8. The smallest absolute Gasteiger partial charge is 0.239 e. The molecule has 0 aliphatic heterocycles. The molecule has 1 N–H and O–H groups in total. The first-order valence-electron chi connectivity index (χ1n) is 9.88. The summed E-state index contributed by atoms with van der Waals surface area (Å²) in [7, 11) is 0.910. The number of carbonyl (C=O) groups is 1. The molecule has 7 heteroatoms. The molecule has 0 saturated carbocycles. The summed E-state index contributed by atoms with van der Waals surface area (Å²) in [5, 5.41) is 13.3. The zero-order valence-electron chi connectivity index (χ0n) is 17.2. The average Bonchev–Trinajstić information content (AvgIpc) is 2.86. The molecule has 0 saturated heterocycles. The average molecular weight is 430 g/mol. The number of hydrogen-bond acceptors (Lipinski definition) is 5. The number of amides is 1. The van der Waals surface area contributed by atoms with Crippen LogP contribution in [0, 0.1) is 11.3 Å². The van der Waals surface area contributed by atoms with Gasteiger partial charge in [0.25, 0.3) is 0 Å². The molecular weight excluding hydrogens is 402 g/mol. The Morgan fingerprint density at radius 3 is 2.62 bits per heavy atom. The molecule has 0 fully saturated rings. The summed E-state index contributed by atoms with van der Waals surface area (Å²) in [6.45, 7) is 2.27. The summed E-state index contributed by atoms with van der Waals surface area (Å²) in [5.74, 6) is -0.112. The molecule has 29 heavy (non-hydrogen) atoms. The molecule has 1 aromatic carbocycles. The highest BCUT2D eigenvalue weighted by molar-refractivity contribution is 7.84. The van der Waals surface area contributed by atoms with Gasteiger partial charge in [-0.05, 0) is 62.9 Å². The summed E-state index contributed by atoms with van der Waals surface area (Å²) in [6, 6.07) is 10.0. The molecule has 1 aliphatic carbocycles.